The van der Waals surface area contributed by atoms with E-state index in [0.717, 1.165) is 25.7 Å². The average Bonchev–Trinajstić information content (AvgIpc) is 2.38. The summed E-state index contributed by atoms with van der Waals surface area (Å²) >= 11 is 0. The van der Waals surface area contributed by atoms with Gasteiger partial charge in [-0.05, 0) is 25.2 Å². The maximum Gasteiger partial charge on any atom is 0.323 e. The number of esters is 1. The van der Waals surface area contributed by atoms with Crippen LogP contribution in [0.5, 0.6) is 0 Å². The average molecular weight is 241 g/mol. The molecule has 1 rings (SSSR count). The van der Waals surface area contributed by atoms with Gasteiger partial charge in [0.25, 0.3) is 0 Å². The standard InChI is InChI=1S/C14H27NO2/c1-2-3-4-8-11-17-14(16)13(15)12-9-6-5-7-10-12/h12-13H,2-11,15H2,1H3. The second-order valence-corrected chi connectivity index (χ2v) is 5.15. The normalized spacial score (nSPS) is 18.9. The highest BCUT2D eigenvalue weighted by Crippen LogP contribution is 2.26. The van der Waals surface area contributed by atoms with Crippen molar-refractivity contribution in [2.24, 2.45) is 11.7 Å². The predicted octanol–water partition coefficient (Wildman–Crippen LogP) is 3.02. The third kappa shape index (κ3) is 5.53. The van der Waals surface area contributed by atoms with Crippen molar-refractivity contribution in [1.29, 1.82) is 0 Å². The van der Waals surface area contributed by atoms with Gasteiger partial charge in [-0.3, -0.25) is 4.79 Å². The van der Waals surface area contributed by atoms with Crippen LogP contribution in [0.15, 0.2) is 0 Å². The second kappa shape index (κ2) is 8.51. The van der Waals surface area contributed by atoms with Crippen LogP contribution in [0.2, 0.25) is 0 Å². The molecule has 0 bridgehead atoms. The van der Waals surface area contributed by atoms with E-state index in [4.69, 9.17) is 10.5 Å². The van der Waals surface area contributed by atoms with Gasteiger partial charge in [-0.1, -0.05) is 45.4 Å². The van der Waals surface area contributed by atoms with E-state index in [1.165, 1.54) is 32.1 Å². The molecule has 0 radical (unpaired) electrons. The van der Waals surface area contributed by atoms with Crippen molar-refractivity contribution in [1.82, 2.24) is 0 Å². The molecule has 0 spiro atoms. The molecule has 0 aliphatic heterocycles. The SMILES string of the molecule is CCCCCCOC(=O)C(N)C1CCCCC1. The van der Waals surface area contributed by atoms with Crippen LogP contribution in [0.3, 0.4) is 0 Å². The summed E-state index contributed by atoms with van der Waals surface area (Å²) in [6, 6.07) is -0.388. The zero-order chi connectivity index (χ0) is 12.5. The summed E-state index contributed by atoms with van der Waals surface area (Å²) in [5.41, 5.74) is 5.96. The summed E-state index contributed by atoms with van der Waals surface area (Å²) in [6.45, 7) is 2.71. The van der Waals surface area contributed by atoms with Crippen molar-refractivity contribution in [3.63, 3.8) is 0 Å². The molecule has 0 aromatic rings. The van der Waals surface area contributed by atoms with Gasteiger partial charge >= 0.3 is 5.97 Å². The lowest BCUT2D eigenvalue weighted by Gasteiger charge is -2.25. The zero-order valence-electron chi connectivity index (χ0n) is 11.1. The monoisotopic (exact) mass is 241 g/mol. The van der Waals surface area contributed by atoms with Gasteiger partial charge in [-0.2, -0.15) is 0 Å². The summed E-state index contributed by atoms with van der Waals surface area (Å²) < 4.78 is 5.24. The number of rotatable bonds is 7. The first-order valence-corrected chi connectivity index (χ1v) is 7.18. The molecule has 3 nitrogen and oxygen atoms in total. The van der Waals surface area contributed by atoms with Gasteiger partial charge in [0, 0.05) is 0 Å². The molecule has 1 unspecified atom stereocenters. The van der Waals surface area contributed by atoms with Gasteiger partial charge in [0.1, 0.15) is 6.04 Å². The Hall–Kier alpha value is -0.570. The Kier molecular flexibility index (Phi) is 7.25. The fourth-order valence-corrected chi connectivity index (χ4v) is 2.48. The summed E-state index contributed by atoms with van der Waals surface area (Å²) in [5, 5.41) is 0. The first-order valence-electron chi connectivity index (χ1n) is 7.18. The number of carbonyl (C=O) groups excluding carboxylic acids is 1. The van der Waals surface area contributed by atoms with E-state index < -0.39 is 0 Å². The Morgan fingerprint density at radius 1 is 1.24 bits per heavy atom. The van der Waals surface area contributed by atoms with Crippen LogP contribution in [-0.4, -0.2) is 18.6 Å². The molecule has 1 aliphatic carbocycles. The van der Waals surface area contributed by atoms with Gasteiger partial charge in [0.05, 0.1) is 6.61 Å². The van der Waals surface area contributed by atoms with Crippen LogP contribution < -0.4 is 5.73 Å². The van der Waals surface area contributed by atoms with Crippen LogP contribution >= 0.6 is 0 Å². The van der Waals surface area contributed by atoms with Crippen LogP contribution in [0.1, 0.15) is 64.7 Å². The highest BCUT2D eigenvalue weighted by Gasteiger charge is 2.27. The molecule has 1 fully saturated rings. The molecule has 0 saturated heterocycles. The summed E-state index contributed by atoms with van der Waals surface area (Å²) in [4.78, 5) is 11.7. The fourth-order valence-electron chi connectivity index (χ4n) is 2.48. The van der Waals surface area contributed by atoms with Crippen LogP contribution in [0, 0.1) is 5.92 Å². The van der Waals surface area contributed by atoms with E-state index in [0.29, 0.717) is 12.5 Å². The van der Waals surface area contributed by atoms with E-state index in [9.17, 15) is 4.79 Å². The molecule has 0 heterocycles. The minimum absolute atomic E-state index is 0.187. The molecular formula is C14H27NO2. The largest absolute Gasteiger partial charge is 0.465 e. The van der Waals surface area contributed by atoms with Crippen molar-refractivity contribution >= 4 is 5.97 Å². The maximum atomic E-state index is 11.7. The van der Waals surface area contributed by atoms with Gasteiger partial charge < -0.3 is 10.5 Å². The molecule has 100 valence electrons. The Morgan fingerprint density at radius 3 is 2.59 bits per heavy atom. The molecule has 3 heteroatoms. The first-order chi connectivity index (χ1) is 8.25. The highest BCUT2D eigenvalue weighted by molar-refractivity contribution is 5.75. The van der Waals surface area contributed by atoms with Crippen LogP contribution in [0.4, 0.5) is 0 Å². The maximum absolute atomic E-state index is 11.7. The van der Waals surface area contributed by atoms with Crippen LogP contribution in [-0.2, 0) is 9.53 Å². The van der Waals surface area contributed by atoms with Crippen molar-refractivity contribution in [2.45, 2.75) is 70.8 Å². The van der Waals surface area contributed by atoms with Crippen molar-refractivity contribution < 1.29 is 9.53 Å². The third-order valence-corrected chi connectivity index (χ3v) is 3.67. The minimum Gasteiger partial charge on any atom is -0.465 e. The van der Waals surface area contributed by atoms with E-state index >= 15 is 0 Å². The third-order valence-electron chi connectivity index (χ3n) is 3.67. The Balaban J connectivity index is 2.13. The number of ether oxygens (including phenoxy) is 1. The van der Waals surface area contributed by atoms with Crippen molar-refractivity contribution in [3.8, 4) is 0 Å². The van der Waals surface area contributed by atoms with Crippen molar-refractivity contribution in [2.75, 3.05) is 6.61 Å². The van der Waals surface area contributed by atoms with Gasteiger partial charge in [0.15, 0.2) is 0 Å². The Labute approximate surface area is 105 Å². The minimum atomic E-state index is -0.388. The van der Waals surface area contributed by atoms with Gasteiger partial charge in [-0.25, -0.2) is 0 Å². The Bertz CT molecular complexity index is 212. The fraction of sp³-hybridized carbons (Fsp3) is 0.929. The lowest BCUT2D eigenvalue weighted by Crippen LogP contribution is -2.40. The topological polar surface area (TPSA) is 52.3 Å². The number of nitrogens with two attached hydrogens (primary N) is 1. The number of unbranched alkanes of at least 4 members (excludes halogenated alkanes) is 3. The van der Waals surface area contributed by atoms with E-state index in [-0.39, 0.29) is 12.0 Å². The van der Waals surface area contributed by atoms with Crippen LogP contribution in [0.25, 0.3) is 0 Å². The molecule has 2 N–H and O–H groups in total. The van der Waals surface area contributed by atoms with Crippen molar-refractivity contribution in [3.05, 3.63) is 0 Å². The molecule has 0 amide bonds. The molecule has 1 aliphatic rings. The summed E-state index contributed by atoms with van der Waals surface area (Å²) in [5.74, 6) is 0.167. The molecular weight excluding hydrogens is 214 g/mol. The number of hydrogen-bond donors (Lipinski definition) is 1. The second-order valence-electron chi connectivity index (χ2n) is 5.15. The number of hydrogen-bond acceptors (Lipinski definition) is 3. The number of carbonyl (C=O) groups is 1. The first kappa shape index (κ1) is 14.5. The molecule has 1 saturated carbocycles. The highest BCUT2D eigenvalue weighted by atomic mass is 16.5. The molecule has 0 aromatic heterocycles. The summed E-state index contributed by atoms with van der Waals surface area (Å²) in [6.07, 6.45) is 10.4. The summed E-state index contributed by atoms with van der Waals surface area (Å²) in [7, 11) is 0. The van der Waals surface area contributed by atoms with Gasteiger partial charge in [-0.15, -0.1) is 0 Å². The molecule has 0 aromatic carbocycles. The van der Waals surface area contributed by atoms with Gasteiger partial charge in [0.2, 0.25) is 0 Å². The Morgan fingerprint density at radius 2 is 1.94 bits per heavy atom. The van der Waals surface area contributed by atoms with E-state index in [1.807, 2.05) is 0 Å². The quantitative estimate of drug-likeness (QED) is 0.550. The predicted molar refractivity (Wildman–Crippen MR) is 69.7 cm³/mol. The lowest BCUT2D eigenvalue weighted by molar-refractivity contribution is -0.147. The zero-order valence-corrected chi connectivity index (χ0v) is 11.1. The molecule has 17 heavy (non-hydrogen) atoms. The molecule has 1 atom stereocenters. The van der Waals surface area contributed by atoms with E-state index in [1.54, 1.807) is 0 Å². The lowest BCUT2D eigenvalue weighted by atomic mass is 9.84. The van der Waals surface area contributed by atoms with E-state index in [2.05, 4.69) is 6.92 Å². The smallest absolute Gasteiger partial charge is 0.323 e.